The van der Waals surface area contributed by atoms with Gasteiger partial charge in [0.25, 0.3) is 5.91 Å². The second kappa shape index (κ2) is 5.31. The molecule has 1 atom stereocenters. The number of nitrogens with zero attached hydrogens (tertiary/aromatic N) is 2. The van der Waals surface area contributed by atoms with Gasteiger partial charge in [0.2, 0.25) is 0 Å². The molecule has 17 heavy (non-hydrogen) atoms. The van der Waals surface area contributed by atoms with E-state index in [1.54, 1.807) is 6.20 Å². The van der Waals surface area contributed by atoms with Gasteiger partial charge in [-0.25, -0.2) is 0 Å². The van der Waals surface area contributed by atoms with E-state index in [9.17, 15) is 4.79 Å². The summed E-state index contributed by atoms with van der Waals surface area (Å²) in [6, 6.07) is 0. The van der Waals surface area contributed by atoms with E-state index < -0.39 is 0 Å². The number of nitrogens with one attached hydrogen (secondary N) is 2. The van der Waals surface area contributed by atoms with Crippen LogP contribution in [0.25, 0.3) is 0 Å². The number of aromatic amines is 1. The summed E-state index contributed by atoms with van der Waals surface area (Å²) in [5.41, 5.74) is 1.56. The molecule has 0 spiro atoms. The van der Waals surface area contributed by atoms with Crippen molar-refractivity contribution in [2.24, 2.45) is 5.92 Å². The van der Waals surface area contributed by atoms with Crippen LogP contribution in [-0.2, 0) is 0 Å². The molecule has 1 aromatic heterocycles. The maximum Gasteiger partial charge on any atom is 0.257 e. The minimum atomic E-state index is 0.108. The third kappa shape index (κ3) is 2.66. The molecular formula is C12H20N4O. The molecular weight excluding hydrogens is 216 g/mol. The number of likely N-dealkylation sites (tertiary alicyclic amines) is 1. The molecule has 1 aromatic rings. The standard InChI is InChI=1S/C12H20N4O/c1-9-11(7-14-15-9)12(17)16-5-3-4-10(8-16)6-13-2/h7,10,13H,3-6,8H2,1-2H3,(H,14,15)/t10-/m1/s1. The molecule has 2 rings (SSSR count). The fourth-order valence-electron chi connectivity index (χ4n) is 2.44. The highest BCUT2D eigenvalue weighted by molar-refractivity contribution is 5.95. The molecule has 0 aromatic carbocycles. The van der Waals surface area contributed by atoms with Crippen molar-refractivity contribution in [3.63, 3.8) is 0 Å². The summed E-state index contributed by atoms with van der Waals surface area (Å²) in [5, 5.41) is 9.91. The highest BCUT2D eigenvalue weighted by Crippen LogP contribution is 2.18. The third-order valence-electron chi connectivity index (χ3n) is 3.36. The summed E-state index contributed by atoms with van der Waals surface area (Å²) in [4.78, 5) is 14.2. The molecule has 1 fully saturated rings. The van der Waals surface area contributed by atoms with Crippen LogP contribution in [0.2, 0.25) is 0 Å². The number of carbonyl (C=O) groups excluding carboxylic acids is 1. The number of carbonyl (C=O) groups is 1. The Bertz CT molecular complexity index is 386. The van der Waals surface area contributed by atoms with Gasteiger partial charge < -0.3 is 10.2 Å². The monoisotopic (exact) mass is 236 g/mol. The van der Waals surface area contributed by atoms with Crippen LogP contribution in [0.15, 0.2) is 6.20 Å². The van der Waals surface area contributed by atoms with Crippen LogP contribution in [0.1, 0.15) is 28.9 Å². The van der Waals surface area contributed by atoms with Gasteiger partial charge in [-0.05, 0) is 39.3 Å². The Kier molecular flexibility index (Phi) is 3.78. The first kappa shape index (κ1) is 12.1. The number of aryl methyl sites for hydroxylation is 1. The lowest BCUT2D eigenvalue weighted by Crippen LogP contribution is -2.42. The zero-order chi connectivity index (χ0) is 12.3. The number of hydrogen-bond donors (Lipinski definition) is 2. The van der Waals surface area contributed by atoms with E-state index in [2.05, 4.69) is 15.5 Å². The highest BCUT2D eigenvalue weighted by atomic mass is 16.2. The van der Waals surface area contributed by atoms with Crippen molar-refractivity contribution >= 4 is 5.91 Å². The van der Waals surface area contributed by atoms with Crippen molar-refractivity contribution in [1.82, 2.24) is 20.4 Å². The molecule has 5 nitrogen and oxygen atoms in total. The van der Waals surface area contributed by atoms with E-state index in [1.165, 1.54) is 6.42 Å². The van der Waals surface area contributed by atoms with E-state index in [0.717, 1.165) is 31.7 Å². The topological polar surface area (TPSA) is 61.0 Å². The number of amides is 1. The van der Waals surface area contributed by atoms with Crippen LogP contribution in [0.3, 0.4) is 0 Å². The fourth-order valence-corrected chi connectivity index (χ4v) is 2.44. The van der Waals surface area contributed by atoms with E-state index in [4.69, 9.17) is 0 Å². The molecule has 0 aliphatic carbocycles. The second-order valence-electron chi connectivity index (χ2n) is 4.73. The SMILES string of the molecule is CNC[C@H]1CCCN(C(=O)c2cn[nH]c2C)C1. The summed E-state index contributed by atoms with van der Waals surface area (Å²) in [6.45, 7) is 4.58. The Hall–Kier alpha value is -1.36. The van der Waals surface area contributed by atoms with E-state index in [-0.39, 0.29) is 5.91 Å². The molecule has 5 heteroatoms. The number of rotatable bonds is 3. The first-order valence-electron chi connectivity index (χ1n) is 6.16. The largest absolute Gasteiger partial charge is 0.338 e. The predicted octanol–water partition coefficient (Wildman–Crippen LogP) is 0.790. The number of piperidine rings is 1. The zero-order valence-corrected chi connectivity index (χ0v) is 10.5. The Balaban J connectivity index is 2.02. The zero-order valence-electron chi connectivity index (χ0n) is 10.5. The van der Waals surface area contributed by atoms with Gasteiger partial charge in [0.15, 0.2) is 0 Å². The van der Waals surface area contributed by atoms with Gasteiger partial charge in [-0.15, -0.1) is 0 Å². The number of aromatic nitrogens is 2. The van der Waals surface area contributed by atoms with Gasteiger partial charge in [-0.3, -0.25) is 9.89 Å². The Morgan fingerprint density at radius 2 is 2.53 bits per heavy atom. The first-order valence-corrected chi connectivity index (χ1v) is 6.16. The van der Waals surface area contributed by atoms with Crippen LogP contribution in [-0.4, -0.2) is 47.7 Å². The maximum absolute atomic E-state index is 12.3. The molecule has 2 heterocycles. The fraction of sp³-hybridized carbons (Fsp3) is 0.667. The van der Waals surface area contributed by atoms with Crippen molar-refractivity contribution in [2.45, 2.75) is 19.8 Å². The molecule has 0 unspecified atom stereocenters. The molecule has 1 aliphatic rings. The molecule has 0 radical (unpaired) electrons. The van der Waals surface area contributed by atoms with Crippen LogP contribution in [0, 0.1) is 12.8 Å². The van der Waals surface area contributed by atoms with Crippen LogP contribution in [0.4, 0.5) is 0 Å². The van der Waals surface area contributed by atoms with Crippen LogP contribution >= 0.6 is 0 Å². The van der Waals surface area contributed by atoms with Crippen molar-refractivity contribution in [2.75, 3.05) is 26.7 Å². The average Bonchev–Trinajstić information content (AvgIpc) is 2.75. The molecule has 1 amide bonds. The van der Waals surface area contributed by atoms with E-state index in [1.807, 2.05) is 18.9 Å². The molecule has 1 saturated heterocycles. The normalized spacial score (nSPS) is 20.6. The van der Waals surface area contributed by atoms with Gasteiger partial charge in [0.05, 0.1) is 11.8 Å². The van der Waals surface area contributed by atoms with Gasteiger partial charge >= 0.3 is 0 Å². The summed E-state index contributed by atoms with van der Waals surface area (Å²) in [7, 11) is 1.96. The maximum atomic E-state index is 12.3. The summed E-state index contributed by atoms with van der Waals surface area (Å²) in [5.74, 6) is 0.682. The van der Waals surface area contributed by atoms with Crippen molar-refractivity contribution in [1.29, 1.82) is 0 Å². The smallest absolute Gasteiger partial charge is 0.257 e. The molecule has 1 aliphatic heterocycles. The summed E-state index contributed by atoms with van der Waals surface area (Å²) < 4.78 is 0. The van der Waals surface area contributed by atoms with Crippen LogP contribution < -0.4 is 5.32 Å². The second-order valence-corrected chi connectivity index (χ2v) is 4.73. The number of hydrogen-bond acceptors (Lipinski definition) is 3. The van der Waals surface area contributed by atoms with Crippen molar-refractivity contribution < 1.29 is 4.79 Å². The average molecular weight is 236 g/mol. The molecule has 0 bridgehead atoms. The van der Waals surface area contributed by atoms with E-state index in [0.29, 0.717) is 11.5 Å². The first-order chi connectivity index (χ1) is 8.22. The highest BCUT2D eigenvalue weighted by Gasteiger charge is 2.25. The lowest BCUT2D eigenvalue weighted by Gasteiger charge is -2.32. The van der Waals surface area contributed by atoms with Crippen LogP contribution in [0.5, 0.6) is 0 Å². The third-order valence-corrected chi connectivity index (χ3v) is 3.36. The Morgan fingerprint density at radius 3 is 3.18 bits per heavy atom. The quantitative estimate of drug-likeness (QED) is 0.815. The van der Waals surface area contributed by atoms with Crippen molar-refractivity contribution in [3.8, 4) is 0 Å². The van der Waals surface area contributed by atoms with E-state index >= 15 is 0 Å². The lowest BCUT2D eigenvalue weighted by molar-refractivity contribution is 0.0673. The molecule has 94 valence electrons. The lowest BCUT2D eigenvalue weighted by atomic mass is 9.97. The Labute approximate surface area is 102 Å². The minimum absolute atomic E-state index is 0.108. The van der Waals surface area contributed by atoms with Crippen molar-refractivity contribution in [3.05, 3.63) is 17.5 Å². The van der Waals surface area contributed by atoms with Gasteiger partial charge in [-0.1, -0.05) is 0 Å². The Morgan fingerprint density at radius 1 is 1.71 bits per heavy atom. The number of H-pyrrole nitrogens is 1. The predicted molar refractivity (Wildman–Crippen MR) is 65.9 cm³/mol. The van der Waals surface area contributed by atoms with Gasteiger partial charge in [0, 0.05) is 18.8 Å². The van der Waals surface area contributed by atoms with Gasteiger partial charge in [-0.2, -0.15) is 5.10 Å². The molecule has 0 saturated carbocycles. The summed E-state index contributed by atoms with van der Waals surface area (Å²) >= 11 is 0. The minimum Gasteiger partial charge on any atom is -0.338 e. The van der Waals surface area contributed by atoms with Gasteiger partial charge in [0.1, 0.15) is 0 Å². The summed E-state index contributed by atoms with van der Waals surface area (Å²) in [6.07, 6.45) is 3.92. The molecule has 2 N–H and O–H groups in total.